The first-order chi connectivity index (χ1) is 11.9. The Labute approximate surface area is 147 Å². The van der Waals surface area contributed by atoms with E-state index in [0.29, 0.717) is 6.07 Å². The average Bonchev–Trinajstić information content (AvgIpc) is 2.53. The van der Waals surface area contributed by atoms with Crippen LogP contribution in [0.4, 0.5) is 13.2 Å². The molecule has 26 heavy (non-hydrogen) atoms. The zero-order chi connectivity index (χ0) is 19.7. The van der Waals surface area contributed by atoms with Gasteiger partial charge in [0.1, 0.15) is 5.92 Å². The first-order valence-corrected chi connectivity index (χ1v) is 9.05. The van der Waals surface area contributed by atoms with E-state index in [1.165, 1.54) is 6.07 Å². The van der Waals surface area contributed by atoms with E-state index in [9.17, 15) is 36.3 Å². The highest BCUT2D eigenvalue weighted by Crippen LogP contribution is 2.36. The molecule has 1 atom stereocenters. The summed E-state index contributed by atoms with van der Waals surface area (Å²) in [4.78, 5) is 24.0. The van der Waals surface area contributed by atoms with E-state index in [4.69, 9.17) is 0 Å². The molecule has 2 aromatic rings. The molecule has 0 aromatic heterocycles. The van der Waals surface area contributed by atoms with Gasteiger partial charge in [-0.25, -0.2) is 8.42 Å². The van der Waals surface area contributed by atoms with Crippen molar-refractivity contribution in [3.8, 4) is 0 Å². The SMILES string of the molecule is CS(=O)(=O)c1ccc(C(=O)C(C(=O)O)c2ccccc2C(F)(F)F)cc1. The van der Waals surface area contributed by atoms with Gasteiger partial charge in [0.25, 0.3) is 0 Å². The minimum absolute atomic E-state index is 0.100. The second-order valence-corrected chi connectivity index (χ2v) is 7.53. The number of Topliss-reactive ketones (excluding diaryl/α,β-unsaturated/α-hetero) is 1. The molecule has 1 unspecified atom stereocenters. The molecule has 0 bridgehead atoms. The number of carbonyl (C=O) groups is 2. The van der Waals surface area contributed by atoms with Crippen LogP contribution in [0, 0.1) is 0 Å². The lowest BCUT2D eigenvalue weighted by molar-refractivity contribution is -0.140. The van der Waals surface area contributed by atoms with Crippen LogP contribution >= 0.6 is 0 Å². The summed E-state index contributed by atoms with van der Waals surface area (Å²) >= 11 is 0. The number of hydrogen-bond acceptors (Lipinski definition) is 4. The number of carbonyl (C=O) groups excluding carboxylic acids is 1. The molecule has 1 N–H and O–H groups in total. The van der Waals surface area contributed by atoms with Gasteiger partial charge in [-0.15, -0.1) is 0 Å². The summed E-state index contributed by atoms with van der Waals surface area (Å²) in [5.74, 6) is -4.88. The van der Waals surface area contributed by atoms with E-state index >= 15 is 0 Å². The van der Waals surface area contributed by atoms with E-state index in [1.54, 1.807) is 0 Å². The number of rotatable bonds is 5. The minimum atomic E-state index is -4.83. The summed E-state index contributed by atoms with van der Waals surface area (Å²) in [6, 6.07) is 8.27. The Morgan fingerprint density at radius 2 is 1.54 bits per heavy atom. The maximum absolute atomic E-state index is 13.2. The highest BCUT2D eigenvalue weighted by molar-refractivity contribution is 7.90. The number of benzene rings is 2. The van der Waals surface area contributed by atoms with Crippen LogP contribution in [0.5, 0.6) is 0 Å². The average molecular weight is 386 g/mol. The van der Waals surface area contributed by atoms with Crippen molar-refractivity contribution in [1.29, 1.82) is 0 Å². The van der Waals surface area contributed by atoms with E-state index in [0.717, 1.165) is 42.7 Å². The molecular weight excluding hydrogens is 373 g/mol. The van der Waals surface area contributed by atoms with Crippen molar-refractivity contribution < 1.29 is 36.3 Å². The van der Waals surface area contributed by atoms with Crippen molar-refractivity contribution >= 4 is 21.6 Å². The van der Waals surface area contributed by atoms with Gasteiger partial charge in [0.05, 0.1) is 10.5 Å². The number of ketones is 1. The number of alkyl halides is 3. The monoisotopic (exact) mass is 386 g/mol. The lowest BCUT2D eigenvalue weighted by atomic mass is 9.87. The summed E-state index contributed by atoms with van der Waals surface area (Å²) in [6.07, 6.45) is -3.88. The van der Waals surface area contributed by atoms with Gasteiger partial charge >= 0.3 is 12.1 Å². The van der Waals surface area contributed by atoms with Crippen LogP contribution in [-0.4, -0.2) is 31.5 Å². The molecular formula is C17H13F3O5S. The normalized spacial score (nSPS) is 13.2. The van der Waals surface area contributed by atoms with Gasteiger partial charge in [-0.05, 0) is 23.8 Å². The summed E-state index contributed by atoms with van der Waals surface area (Å²) in [6.45, 7) is 0. The van der Waals surface area contributed by atoms with E-state index in [-0.39, 0.29) is 10.5 Å². The number of carboxylic acid groups (broad SMARTS) is 1. The Kier molecular flexibility index (Phi) is 5.22. The number of carboxylic acids is 1. The molecule has 0 saturated carbocycles. The molecule has 5 nitrogen and oxygen atoms in total. The first-order valence-electron chi connectivity index (χ1n) is 7.16. The van der Waals surface area contributed by atoms with Crippen molar-refractivity contribution in [2.24, 2.45) is 0 Å². The Hall–Kier alpha value is -2.68. The zero-order valence-corrected chi connectivity index (χ0v) is 14.1. The van der Waals surface area contributed by atoms with E-state index in [2.05, 4.69) is 0 Å². The standard InChI is InChI=1S/C17H13F3O5S/c1-26(24,25)11-8-6-10(7-9-11)15(21)14(16(22)23)12-4-2-3-5-13(12)17(18,19)20/h2-9,14H,1H3,(H,22,23). The van der Waals surface area contributed by atoms with Crippen molar-refractivity contribution in [2.45, 2.75) is 17.0 Å². The van der Waals surface area contributed by atoms with Crippen LogP contribution in [0.2, 0.25) is 0 Å². The number of halogens is 3. The molecule has 0 aliphatic heterocycles. The van der Waals surface area contributed by atoms with Crippen molar-refractivity contribution in [3.63, 3.8) is 0 Å². The summed E-state index contributed by atoms with van der Waals surface area (Å²) < 4.78 is 62.3. The Balaban J connectivity index is 2.53. The number of aliphatic carboxylic acids is 1. The molecule has 2 rings (SSSR count). The predicted molar refractivity (Wildman–Crippen MR) is 85.7 cm³/mol. The number of hydrogen-bond donors (Lipinski definition) is 1. The largest absolute Gasteiger partial charge is 0.480 e. The fourth-order valence-electron chi connectivity index (χ4n) is 2.43. The van der Waals surface area contributed by atoms with Gasteiger partial charge in [0.2, 0.25) is 0 Å². The topological polar surface area (TPSA) is 88.5 Å². The van der Waals surface area contributed by atoms with Gasteiger partial charge in [0, 0.05) is 11.8 Å². The molecule has 2 aromatic carbocycles. The maximum Gasteiger partial charge on any atom is 0.416 e. The molecule has 138 valence electrons. The molecule has 0 saturated heterocycles. The van der Waals surface area contributed by atoms with Crippen LogP contribution in [0.3, 0.4) is 0 Å². The van der Waals surface area contributed by atoms with Gasteiger partial charge in [0.15, 0.2) is 15.6 Å². The smallest absolute Gasteiger partial charge is 0.416 e. The fourth-order valence-corrected chi connectivity index (χ4v) is 3.06. The molecule has 9 heteroatoms. The van der Waals surface area contributed by atoms with Gasteiger partial charge in [-0.3, -0.25) is 9.59 Å². The highest BCUT2D eigenvalue weighted by atomic mass is 32.2. The third kappa shape index (κ3) is 4.10. The summed E-state index contributed by atoms with van der Waals surface area (Å²) in [5.41, 5.74) is -2.10. The molecule has 0 amide bonds. The zero-order valence-electron chi connectivity index (χ0n) is 13.3. The van der Waals surface area contributed by atoms with Crippen LogP contribution in [0.15, 0.2) is 53.4 Å². The van der Waals surface area contributed by atoms with Crippen LogP contribution in [0.25, 0.3) is 0 Å². The molecule has 0 aliphatic rings. The number of sulfone groups is 1. The first kappa shape index (κ1) is 19.6. The maximum atomic E-state index is 13.2. The Morgan fingerprint density at radius 1 is 1.00 bits per heavy atom. The second-order valence-electron chi connectivity index (χ2n) is 5.52. The molecule has 0 aliphatic carbocycles. The van der Waals surface area contributed by atoms with Crippen LogP contribution < -0.4 is 0 Å². The molecule has 0 heterocycles. The third-order valence-electron chi connectivity index (χ3n) is 3.65. The fraction of sp³-hybridized carbons (Fsp3) is 0.176. The summed E-state index contributed by atoms with van der Waals surface area (Å²) in [5, 5.41) is 9.35. The predicted octanol–water partition coefficient (Wildman–Crippen LogP) is 3.16. The second kappa shape index (κ2) is 6.91. The lowest BCUT2D eigenvalue weighted by Crippen LogP contribution is -2.25. The van der Waals surface area contributed by atoms with Crippen molar-refractivity contribution in [2.75, 3.05) is 6.26 Å². The van der Waals surface area contributed by atoms with E-state index < -0.39 is 44.8 Å². The molecule has 0 fully saturated rings. The van der Waals surface area contributed by atoms with Crippen LogP contribution in [0.1, 0.15) is 27.4 Å². The van der Waals surface area contributed by atoms with Crippen LogP contribution in [-0.2, 0) is 20.8 Å². The molecule has 0 radical (unpaired) electrons. The summed E-state index contributed by atoms with van der Waals surface area (Å²) in [7, 11) is -3.54. The van der Waals surface area contributed by atoms with Crippen molar-refractivity contribution in [1.82, 2.24) is 0 Å². The van der Waals surface area contributed by atoms with Crippen molar-refractivity contribution in [3.05, 3.63) is 65.2 Å². The van der Waals surface area contributed by atoms with Gasteiger partial charge < -0.3 is 5.11 Å². The third-order valence-corrected chi connectivity index (χ3v) is 4.78. The van der Waals surface area contributed by atoms with Gasteiger partial charge in [-0.1, -0.05) is 30.3 Å². The lowest BCUT2D eigenvalue weighted by Gasteiger charge is -2.18. The minimum Gasteiger partial charge on any atom is -0.480 e. The highest BCUT2D eigenvalue weighted by Gasteiger charge is 2.39. The van der Waals surface area contributed by atoms with Gasteiger partial charge in [-0.2, -0.15) is 13.2 Å². The Bertz CT molecular complexity index is 947. The Morgan fingerprint density at radius 3 is 2.00 bits per heavy atom. The van der Waals surface area contributed by atoms with E-state index in [1.807, 2.05) is 0 Å². The quantitative estimate of drug-likeness (QED) is 0.630. The molecule has 0 spiro atoms.